The van der Waals surface area contributed by atoms with Crippen molar-refractivity contribution in [2.45, 2.75) is 27.2 Å². The van der Waals surface area contributed by atoms with Crippen LogP contribution in [0.5, 0.6) is 0 Å². The topological polar surface area (TPSA) is 75.0 Å². The maximum absolute atomic E-state index is 12.2. The minimum atomic E-state index is -0.00525. The zero-order valence-electron chi connectivity index (χ0n) is 10.0. The molecule has 1 aromatic rings. The van der Waals surface area contributed by atoms with Gasteiger partial charge in [0.25, 0.3) is 5.91 Å². The van der Waals surface area contributed by atoms with E-state index < -0.39 is 0 Å². The Morgan fingerprint density at radius 1 is 1.56 bits per heavy atom. The van der Waals surface area contributed by atoms with Gasteiger partial charge in [-0.15, -0.1) is 0 Å². The Labute approximate surface area is 95.0 Å². The third kappa shape index (κ3) is 1.77. The molecule has 0 spiro atoms. The number of hydrogen-bond donors (Lipinski definition) is 2. The summed E-state index contributed by atoms with van der Waals surface area (Å²) in [5.74, 6) is 0.293. The normalized spacial score (nSPS) is 19.1. The van der Waals surface area contributed by atoms with Crippen molar-refractivity contribution in [1.29, 1.82) is 0 Å². The van der Waals surface area contributed by atoms with Gasteiger partial charge in [0, 0.05) is 18.8 Å². The van der Waals surface area contributed by atoms with Crippen LogP contribution >= 0.6 is 0 Å². The fourth-order valence-corrected chi connectivity index (χ4v) is 2.16. The van der Waals surface area contributed by atoms with E-state index in [4.69, 9.17) is 5.73 Å². The highest BCUT2D eigenvalue weighted by atomic mass is 16.2. The van der Waals surface area contributed by atoms with Crippen molar-refractivity contribution in [3.8, 4) is 0 Å². The molecule has 3 N–H and O–H groups in total. The van der Waals surface area contributed by atoms with Crippen molar-refractivity contribution in [2.75, 3.05) is 18.8 Å². The van der Waals surface area contributed by atoms with Crippen LogP contribution in [0.3, 0.4) is 0 Å². The molecule has 0 bridgehead atoms. The lowest BCUT2D eigenvalue weighted by Crippen LogP contribution is -2.31. The smallest absolute Gasteiger partial charge is 0.259 e. The molecule has 1 aliphatic rings. The number of aromatic amines is 1. The number of anilines is 1. The number of carbonyl (C=O) groups is 1. The van der Waals surface area contributed by atoms with Crippen molar-refractivity contribution in [2.24, 2.45) is 5.41 Å². The molecule has 5 nitrogen and oxygen atoms in total. The molecule has 2 heterocycles. The van der Waals surface area contributed by atoms with Crippen molar-refractivity contribution in [1.82, 2.24) is 15.1 Å². The largest absolute Gasteiger partial charge is 0.382 e. The number of aromatic nitrogens is 2. The Hall–Kier alpha value is -1.52. The van der Waals surface area contributed by atoms with Gasteiger partial charge in [-0.3, -0.25) is 9.89 Å². The molecule has 5 heteroatoms. The Bertz CT molecular complexity index is 402. The highest BCUT2D eigenvalue weighted by Gasteiger charge is 2.34. The Morgan fingerprint density at radius 3 is 2.69 bits per heavy atom. The van der Waals surface area contributed by atoms with E-state index in [1.807, 2.05) is 11.8 Å². The number of likely N-dealkylation sites (tertiary alicyclic amines) is 1. The zero-order valence-corrected chi connectivity index (χ0v) is 10.0. The summed E-state index contributed by atoms with van der Waals surface area (Å²) >= 11 is 0. The van der Waals surface area contributed by atoms with Crippen LogP contribution in [-0.4, -0.2) is 34.1 Å². The third-order valence-electron chi connectivity index (χ3n) is 3.15. The van der Waals surface area contributed by atoms with Crippen LogP contribution < -0.4 is 5.73 Å². The average Bonchev–Trinajstić information content (AvgIpc) is 2.70. The molecule has 16 heavy (non-hydrogen) atoms. The Kier molecular flexibility index (Phi) is 2.40. The number of rotatable bonds is 1. The maximum atomic E-state index is 12.2. The Morgan fingerprint density at radius 2 is 2.25 bits per heavy atom. The van der Waals surface area contributed by atoms with Crippen LogP contribution in [0.1, 0.15) is 36.3 Å². The van der Waals surface area contributed by atoms with Gasteiger partial charge in [-0.05, 0) is 18.8 Å². The molecule has 1 aliphatic heterocycles. The Balaban J connectivity index is 2.21. The van der Waals surface area contributed by atoms with E-state index in [0.29, 0.717) is 11.4 Å². The molecule has 0 saturated carbocycles. The number of aryl methyl sites for hydroxylation is 1. The van der Waals surface area contributed by atoms with Gasteiger partial charge in [-0.2, -0.15) is 5.10 Å². The van der Waals surface area contributed by atoms with E-state index in [-0.39, 0.29) is 11.3 Å². The molecule has 1 aromatic heterocycles. The van der Waals surface area contributed by atoms with E-state index in [0.717, 1.165) is 25.2 Å². The number of hydrogen-bond acceptors (Lipinski definition) is 3. The van der Waals surface area contributed by atoms with Gasteiger partial charge < -0.3 is 10.6 Å². The quantitative estimate of drug-likeness (QED) is 0.749. The minimum Gasteiger partial charge on any atom is -0.382 e. The summed E-state index contributed by atoms with van der Waals surface area (Å²) in [4.78, 5) is 14.1. The molecular weight excluding hydrogens is 204 g/mol. The first-order valence-electron chi connectivity index (χ1n) is 5.50. The lowest BCUT2D eigenvalue weighted by Gasteiger charge is -2.19. The number of H-pyrrole nitrogens is 1. The molecule has 0 aromatic carbocycles. The summed E-state index contributed by atoms with van der Waals surface area (Å²) in [6.45, 7) is 7.75. The first-order chi connectivity index (χ1) is 7.41. The van der Waals surface area contributed by atoms with E-state index in [1.165, 1.54) is 0 Å². The van der Waals surface area contributed by atoms with E-state index >= 15 is 0 Å². The lowest BCUT2D eigenvalue weighted by molar-refractivity contribution is 0.0778. The molecule has 1 saturated heterocycles. The second-order valence-electron chi connectivity index (χ2n) is 5.25. The molecule has 1 fully saturated rings. The molecule has 2 rings (SSSR count). The minimum absolute atomic E-state index is 0.00525. The third-order valence-corrected chi connectivity index (χ3v) is 3.15. The average molecular weight is 222 g/mol. The highest BCUT2D eigenvalue weighted by molar-refractivity contribution is 5.99. The first-order valence-corrected chi connectivity index (χ1v) is 5.50. The van der Waals surface area contributed by atoms with Gasteiger partial charge in [0.1, 0.15) is 5.56 Å². The lowest BCUT2D eigenvalue weighted by atomic mass is 9.93. The summed E-state index contributed by atoms with van der Waals surface area (Å²) in [5, 5.41) is 6.59. The SMILES string of the molecule is Cc1[nH]nc(N)c1C(=O)N1CCC(C)(C)C1. The molecule has 0 unspecified atom stereocenters. The van der Waals surface area contributed by atoms with Crippen LogP contribution in [0.2, 0.25) is 0 Å². The number of nitrogen functional groups attached to an aromatic ring is 1. The van der Waals surface area contributed by atoms with Crippen LogP contribution in [0.4, 0.5) is 5.82 Å². The fourth-order valence-electron chi connectivity index (χ4n) is 2.16. The van der Waals surface area contributed by atoms with Crippen LogP contribution in [0.25, 0.3) is 0 Å². The number of amides is 1. The highest BCUT2D eigenvalue weighted by Crippen LogP contribution is 2.30. The van der Waals surface area contributed by atoms with Crippen LogP contribution in [0, 0.1) is 12.3 Å². The number of nitrogens with one attached hydrogen (secondary N) is 1. The maximum Gasteiger partial charge on any atom is 0.259 e. The van der Waals surface area contributed by atoms with Gasteiger partial charge in [0.2, 0.25) is 0 Å². The van der Waals surface area contributed by atoms with Crippen LogP contribution in [-0.2, 0) is 0 Å². The number of nitrogens with two attached hydrogens (primary N) is 1. The van der Waals surface area contributed by atoms with Gasteiger partial charge in [-0.25, -0.2) is 0 Å². The fraction of sp³-hybridized carbons (Fsp3) is 0.636. The van der Waals surface area contributed by atoms with Crippen molar-refractivity contribution in [3.05, 3.63) is 11.3 Å². The van der Waals surface area contributed by atoms with E-state index in [2.05, 4.69) is 24.0 Å². The van der Waals surface area contributed by atoms with Gasteiger partial charge in [0.15, 0.2) is 5.82 Å². The summed E-state index contributed by atoms with van der Waals surface area (Å²) < 4.78 is 0. The zero-order chi connectivity index (χ0) is 11.9. The number of nitrogens with zero attached hydrogens (tertiary/aromatic N) is 2. The summed E-state index contributed by atoms with van der Waals surface area (Å²) in [5.41, 5.74) is 7.17. The van der Waals surface area contributed by atoms with Crippen LogP contribution in [0.15, 0.2) is 0 Å². The van der Waals surface area contributed by atoms with Crippen molar-refractivity contribution < 1.29 is 4.79 Å². The van der Waals surface area contributed by atoms with Crippen molar-refractivity contribution >= 4 is 11.7 Å². The van der Waals surface area contributed by atoms with Gasteiger partial charge >= 0.3 is 0 Å². The standard InChI is InChI=1S/C11H18N4O/c1-7-8(9(12)14-13-7)10(16)15-5-4-11(2,3)6-15/h4-6H2,1-3H3,(H3,12,13,14). The molecule has 0 atom stereocenters. The summed E-state index contributed by atoms with van der Waals surface area (Å²) in [7, 11) is 0. The van der Waals surface area contributed by atoms with E-state index in [1.54, 1.807) is 0 Å². The van der Waals surface area contributed by atoms with Gasteiger partial charge in [-0.1, -0.05) is 13.8 Å². The predicted molar refractivity (Wildman–Crippen MR) is 62.0 cm³/mol. The summed E-state index contributed by atoms with van der Waals surface area (Å²) in [6.07, 6.45) is 1.04. The molecule has 1 amide bonds. The van der Waals surface area contributed by atoms with Gasteiger partial charge in [0.05, 0.1) is 0 Å². The molecular formula is C11H18N4O. The molecule has 0 radical (unpaired) electrons. The van der Waals surface area contributed by atoms with Crippen molar-refractivity contribution in [3.63, 3.8) is 0 Å². The molecule has 0 aliphatic carbocycles. The first kappa shape index (κ1) is 11.0. The second-order valence-corrected chi connectivity index (χ2v) is 5.25. The second kappa shape index (κ2) is 3.50. The predicted octanol–water partition coefficient (Wildman–Crippen LogP) is 1.17. The van der Waals surface area contributed by atoms with E-state index in [9.17, 15) is 4.79 Å². The summed E-state index contributed by atoms with van der Waals surface area (Å²) in [6, 6.07) is 0. The molecule has 88 valence electrons. The number of carbonyl (C=O) groups excluding carboxylic acids is 1. The monoisotopic (exact) mass is 222 g/mol.